The highest BCUT2D eigenvalue weighted by Crippen LogP contribution is 2.57. The van der Waals surface area contributed by atoms with Crippen LogP contribution in [0.1, 0.15) is 57.9 Å². The van der Waals surface area contributed by atoms with E-state index in [2.05, 4.69) is 42.6 Å². The van der Waals surface area contributed by atoms with Gasteiger partial charge in [-0.1, -0.05) is 60.2 Å². The summed E-state index contributed by atoms with van der Waals surface area (Å²) < 4.78 is 6.13. The molecule has 1 saturated carbocycles. The fourth-order valence-electron chi connectivity index (χ4n) is 4.94. The molecule has 6 unspecified atom stereocenters. The number of alkyl halides is 1. The van der Waals surface area contributed by atoms with Gasteiger partial charge in [0.05, 0.1) is 11.0 Å². The Hall–Kier alpha value is -1.55. The van der Waals surface area contributed by atoms with E-state index in [-0.39, 0.29) is 28.8 Å². The lowest BCUT2D eigenvalue weighted by atomic mass is 9.80. The largest absolute Gasteiger partial charge is 0.358 e. The third-order valence-electron chi connectivity index (χ3n) is 7.06. The van der Waals surface area contributed by atoms with Gasteiger partial charge < -0.3 is 10.1 Å². The first-order valence-electron chi connectivity index (χ1n) is 11.6. The van der Waals surface area contributed by atoms with Gasteiger partial charge >= 0.3 is 0 Å². The van der Waals surface area contributed by atoms with Gasteiger partial charge in [-0.3, -0.25) is 4.79 Å². The SMILES string of the molecule is CC(NC(=O)C(C)(C)OC1C=CC=CC1)C(CC1C=CC2(Cl)CC2C1)c1ccc(Cl)cc1. The van der Waals surface area contributed by atoms with Crippen molar-refractivity contribution in [3.8, 4) is 0 Å². The van der Waals surface area contributed by atoms with Gasteiger partial charge in [-0.25, -0.2) is 0 Å². The third-order valence-corrected chi connectivity index (χ3v) is 7.90. The van der Waals surface area contributed by atoms with Gasteiger partial charge in [0.25, 0.3) is 5.91 Å². The van der Waals surface area contributed by atoms with Crippen molar-refractivity contribution >= 4 is 29.1 Å². The van der Waals surface area contributed by atoms with Crippen LogP contribution in [0.15, 0.2) is 60.7 Å². The molecule has 1 amide bonds. The summed E-state index contributed by atoms with van der Waals surface area (Å²) in [6.07, 6.45) is 16.4. The number of ether oxygens (including phenoxy) is 1. The zero-order valence-corrected chi connectivity index (χ0v) is 20.6. The van der Waals surface area contributed by atoms with Gasteiger partial charge in [0.1, 0.15) is 5.60 Å². The van der Waals surface area contributed by atoms with Crippen LogP contribution in [0.25, 0.3) is 0 Å². The van der Waals surface area contributed by atoms with Crippen LogP contribution >= 0.6 is 23.2 Å². The lowest BCUT2D eigenvalue weighted by molar-refractivity contribution is -0.147. The van der Waals surface area contributed by atoms with E-state index in [0.717, 1.165) is 30.7 Å². The van der Waals surface area contributed by atoms with Crippen LogP contribution in [0.4, 0.5) is 0 Å². The van der Waals surface area contributed by atoms with E-state index in [1.165, 1.54) is 5.56 Å². The molecule has 0 spiro atoms. The fraction of sp³-hybridized carbons (Fsp3) is 0.519. The Bertz CT molecular complexity index is 920. The van der Waals surface area contributed by atoms with Crippen LogP contribution in [0, 0.1) is 11.8 Å². The second kappa shape index (κ2) is 9.37. The lowest BCUT2D eigenvalue weighted by Crippen LogP contribution is -2.50. The Balaban J connectivity index is 1.45. The van der Waals surface area contributed by atoms with Gasteiger partial charge in [-0.15, -0.1) is 11.6 Å². The van der Waals surface area contributed by atoms with Gasteiger partial charge in [0.15, 0.2) is 0 Å². The number of amides is 1. The van der Waals surface area contributed by atoms with Crippen LogP contribution in [0.2, 0.25) is 5.02 Å². The fourth-order valence-corrected chi connectivity index (χ4v) is 5.41. The number of fused-ring (bicyclic) bond motifs is 1. The van der Waals surface area contributed by atoms with E-state index in [0.29, 0.717) is 11.8 Å². The number of nitrogens with one attached hydrogen (secondary N) is 1. The number of allylic oxidation sites excluding steroid dienone is 4. The molecule has 0 bridgehead atoms. The van der Waals surface area contributed by atoms with Crippen LogP contribution in [-0.2, 0) is 9.53 Å². The second-order valence-electron chi connectivity index (χ2n) is 10.1. The molecule has 1 N–H and O–H groups in total. The van der Waals surface area contributed by atoms with Crippen molar-refractivity contribution in [2.75, 3.05) is 0 Å². The van der Waals surface area contributed by atoms with Crippen molar-refractivity contribution in [2.45, 2.75) is 75.0 Å². The molecule has 3 nitrogen and oxygen atoms in total. The molecule has 32 heavy (non-hydrogen) atoms. The lowest BCUT2D eigenvalue weighted by Gasteiger charge is -2.34. The molecule has 4 rings (SSSR count). The van der Waals surface area contributed by atoms with Gasteiger partial charge in [0, 0.05) is 17.0 Å². The minimum atomic E-state index is -0.921. The number of hydrogen-bond acceptors (Lipinski definition) is 2. The molecule has 3 aliphatic carbocycles. The Morgan fingerprint density at radius 1 is 1.25 bits per heavy atom. The molecule has 6 atom stereocenters. The maximum absolute atomic E-state index is 13.2. The van der Waals surface area contributed by atoms with Crippen LogP contribution in [0.5, 0.6) is 0 Å². The molecule has 3 aliphatic rings. The second-order valence-corrected chi connectivity index (χ2v) is 11.2. The summed E-state index contributed by atoms with van der Waals surface area (Å²) in [4.78, 5) is 13.1. The number of rotatable bonds is 8. The average Bonchev–Trinajstić information content (AvgIpc) is 3.43. The van der Waals surface area contributed by atoms with Gasteiger partial charge in [-0.05, 0) is 76.0 Å². The molecule has 172 valence electrons. The van der Waals surface area contributed by atoms with E-state index >= 15 is 0 Å². The van der Waals surface area contributed by atoms with Crippen molar-refractivity contribution in [2.24, 2.45) is 11.8 Å². The molecule has 5 heteroatoms. The maximum atomic E-state index is 13.2. The smallest absolute Gasteiger partial charge is 0.251 e. The first-order valence-corrected chi connectivity index (χ1v) is 12.4. The van der Waals surface area contributed by atoms with Crippen molar-refractivity contribution in [1.82, 2.24) is 5.32 Å². The highest BCUT2D eigenvalue weighted by Gasteiger charge is 2.53. The molecule has 0 saturated heterocycles. The predicted octanol–water partition coefficient (Wildman–Crippen LogP) is 6.57. The minimum Gasteiger partial charge on any atom is -0.358 e. The van der Waals surface area contributed by atoms with Gasteiger partial charge in [-0.2, -0.15) is 0 Å². The van der Waals surface area contributed by atoms with Crippen molar-refractivity contribution in [1.29, 1.82) is 0 Å². The molecule has 0 aromatic heterocycles. The third kappa shape index (κ3) is 5.50. The standard InChI is InChI=1S/C27H33Cl2NO2/c1-18(30-25(31)26(2,3)32-23-7-5-4-6-8-23)24(20-9-11-22(28)12-10-20)16-19-13-14-27(29)17-21(27)15-19/h4-7,9-14,18-19,21,23-24H,8,15-17H2,1-3H3,(H,30,31). The topological polar surface area (TPSA) is 38.3 Å². The number of carbonyl (C=O) groups is 1. The van der Waals surface area contributed by atoms with Crippen LogP contribution in [-0.4, -0.2) is 28.5 Å². The van der Waals surface area contributed by atoms with Crippen molar-refractivity contribution < 1.29 is 9.53 Å². The molecular weight excluding hydrogens is 441 g/mol. The van der Waals surface area contributed by atoms with Crippen molar-refractivity contribution in [3.05, 3.63) is 71.3 Å². The number of benzene rings is 1. The van der Waals surface area contributed by atoms with E-state index < -0.39 is 5.60 Å². The minimum absolute atomic E-state index is 0.0522. The average molecular weight is 474 g/mol. The monoisotopic (exact) mass is 473 g/mol. The zero-order valence-electron chi connectivity index (χ0n) is 19.1. The highest BCUT2D eigenvalue weighted by atomic mass is 35.5. The molecule has 1 fully saturated rings. The maximum Gasteiger partial charge on any atom is 0.251 e. The van der Waals surface area contributed by atoms with Crippen LogP contribution < -0.4 is 5.32 Å². The molecule has 0 heterocycles. The first kappa shape index (κ1) is 23.6. The first-order chi connectivity index (χ1) is 15.2. The summed E-state index contributed by atoms with van der Waals surface area (Å²) in [7, 11) is 0. The summed E-state index contributed by atoms with van der Waals surface area (Å²) in [5, 5.41) is 3.97. The van der Waals surface area contributed by atoms with E-state index in [9.17, 15) is 4.79 Å². The molecule has 1 aromatic rings. The summed E-state index contributed by atoms with van der Waals surface area (Å²) in [5.74, 6) is 1.12. The highest BCUT2D eigenvalue weighted by molar-refractivity contribution is 6.30. The normalized spacial score (nSPS) is 30.5. The molecular formula is C27H33Cl2NO2. The molecule has 0 aliphatic heterocycles. The van der Waals surface area contributed by atoms with Crippen LogP contribution in [0.3, 0.4) is 0 Å². The number of hydrogen-bond donors (Lipinski definition) is 1. The summed E-state index contributed by atoms with van der Waals surface area (Å²) in [6, 6.07) is 7.95. The molecule has 0 radical (unpaired) electrons. The number of halogens is 2. The number of carbonyl (C=O) groups excluding carboxylic acids is 1. The quantitative estimate of drug-likeness (QED) is 0.342. The van der Waals surface area contributed by atoms with Crippen molar-refractivity contribution in [3.63, 3.8) is 0 Å². The Labute approximate surface area is 201 Å². The Kier molecular flexibility index (Phi) is 6.91. The Morgan fingerprint density at radius 3 is 2.66 bits per heavy atom. The zero-order chi connectivity index (χ0) is 22.9. The van der Waals surface area contributed by atoms with E-state index in [1.807, 2.05) is 44.2 Å². The predicted molar refractivity (Wildman–Crippen MR) is 132 cm³/mol. The van der Waals surface area contributed by atoms with Gasteiger partial charge in [0.2, 0.25) is 0 Å². The van der Waals surface area contributed by atoms with E-state index in [1.54, 1.807) is 0 Å². The summed E-state index contributed by atoms with van der Waals surface area (Å²) in [5.41, 5.74) is 0.267. The summed E-state index contributed by atoms with van der Waals surface area (Å²) in [6.45, 7) is 5.77. The van der Waals surface area contributed by atoms with E-state index in [4.69, 9.17) is 27.9 Å². The summed E-state index contributed by atoms with van der Waals surface area (Å²) >= 11 is 12.7. The Morgan fingerprint density at radius 2 is 2.00 bits per heavy atom. The molecule has 1 aromatic carbocycles.